The molecular formula is C13H12N2O4S. The van der Waals surface area contributed by atoms with E-state index in [1.54, 1.807) is 18.2 Å². The van der Waals surface area contributed by atoms with Crippen LogP contribution in [0.4, 0.5) is 5.69 Å². The smallest absolute Gasteiger partial charge is 0.269 e. The van der Waals surface area contributed by atoms with Crippen LogP contribution in [0.5, 0.6) is 0 Å². The monoisotopic (exact) mass is 292 g/mol. The molecule has 0 bridgehead atoms. The topological polar surface area (TPSA) is 89.3 Å². The van der Waals surface area contributed by atoms with Crippen LogP contribution in [0, 0.1) is 10.1 Å². The second-order valence-corrected chi connectivity index (χ2v) is 5.30. The summed E-state index contributed by atoms with van der Waals surface area (Å²) in [5, 5.41) is 13.1. The number of thioether (sulfide) groups is 1. The molecule has 1 atom stereocenters. The molecule has 0 aromatic heterocycles. The normalized spacial score (nSPS) is 18.4. The van der Waals surface area contributed by atoms with Gasteiger partial charge >= 0.3 is 0 Å². The molecule has 1 amide bonds. The Morgan fingerprint density at radius 3 is 2.65 bits per heavy atom. The zero-order valence-electron chi connectivity index (χ0n) is 10.4. The van der Waals surface area contributed by atoms with Gasteiger partial charge in [-0.3, -0.25) is 19.7 Å². The van der Waals surface area contributed by atoms with Gasteiger partial charge in [-0.05, 0) is 30.2 Å². The number of benzene rings is 1. The highest BCUT2D eigenvalue weighted by Crippen LogP contribution is 2.19. The predicted molar refractivity (Wildman–Crippen MR) is 76.1 cm³/mol. The first-order valence-corrected chi connectivity index (χ1v) is 6.94. The summed E-state index contributed by atoms with van der Waals surface area (Å²) in [5.41, 5.74) is 0.679. The van der Waals surface area contributed by atoms with Gasteiger partial charge in [-0.25, -0.2) is 0 Å². The van der Waals surface area contributed by atoms with Crippen molar-refractivity contribution in [3.8, 4) is 0 Å². The number of carbonyl (C=O) groups excluding carboxylic acids is 2. The lowest BCUT2D eigenvalue weighted by Crippen LogP contribution is -2.35. The van der Waals surface area contributed by atoms with Gasteiger partial charge in [0.05, 0.1) is 11.0 Å². The average molecular weight is 292 g/mol. The number of hydrogen-bond donors (Lipinski definition) is 1. The van der Waals surface area contributed by atoms with Crippen molar-refractivity contribution in [3.05, 3.63) is 46.0 Å². The SMILES string of the molecule is O=C(/C=C/c1ccc([N+](=O)[O-])cc1)NC1CCSC1=O. The molecule has 1 aromatic rings. The van der Waals surface area contributed by atoms with Crippen LogP contribution in [0.3, 0.4) is 0 Å². The van der Waals surface area contributed by atoms with E-state index in [0.717, 1.165) is 5.75 Å². The van der Waals surface area contributed by atoms with Crippen LogP contribution in [0.2, 0.25) is 0 Å². The second kappa shape index (κ2) is 6.33. The lowest BCUT2D eigenvalue weighted by molar-refractivity contribution is -0.384. The van der Waals surface area contributed by atoms with Crippen LogP contribution in [-0.4, -0.2) is 27.7 Å². The fourth-order valence-corrected chi connectivity index (χ4v) is 2.66. The summed E-state index contributed by atoms with van der Waals surface area (Å²) in [4.78, 5) is 33.0. The van der Waals surface area contributed by atoms with Crippen molar-refractivity contribution in [1.29, 1.82) is 0 Å². The molecule has 0 aliphatic carbocycles. The lowest BCUT2D eigenvalue weighted by Gasteiger charge is -2.06. The van der Waals surface area contributed by atoms with Crippen LogP contribution >= 0.6 is 11.8 Å². The summed E-state index contributed by atoms with van der Waals surface area (Å²) < 4.78 is 0. The Morgan fingerprint density at radius 2 is 2.10 bits per heavy atom. The van der Waals surface area contributed by atoms with E-state index in [1.165, 1.54) is 30.0 Å². The minimum atomic E-state index is -0.483. The molecule has 1 unspecified atom stereocenters. The Labute approximate surface area is 119 Å². The maximum absolute atomic E-state index is 11.6. The van der Waals surface area contributed by atoms with Crippen LogP contribution in [-0.2, 0) is 9.59 Å². The Balaban J connectivity index is 1.93. The molecule has 1 aromatic carbocycles. The van der Waals surface area contributed by atoms with E-state index in [0.29, 0.717) is 12.0 Å². The van der Waals surface area contributed by atoms with Crippen molar-refractivity contribution in [1.82, 2.24) is 5.32 Å². The largest absolute Gasteiger partial charge is 0.342 e. The molecule has 0 radical (unpaired) electrons. The number of carbonyl (C=O) groups is 2. The van der Waals surface area contributed by atoms with Gasteiger partial charge in [-0.2, -0.15) is 0 Å². The summed E-state index contributed by atoms with van der Waals surface area (Å²) in [7, 11) is 0. The van der Waals surface area contributed by atoms with Gasteiger partial charge in [-0.15, -0.1) is 0 Å². The molecule has 104 valence electrons. The van der Waals surface area contributed by atoms with Crippen molar-refractivity contribution in [2.24, 2.45) is 0 Å². The van der Waals surface area contributed by atoms with Crippen molar-refractivity contribution in [2.45, 2.75) is 12.5 Å². The van der Waals surface area contributed by atoms with Crippen molar-refractivity contribution >= 4 is 34.5 Å². The summed E-state index contributed by atoms with van der Waals surface area (Å²) in [6, 6.07) is 5.44. The minimum absolute atomic E-state index is 0.000165. The minimum Gasteiger partial charge on any atom is -0.342 e. The predicted octanol–water partition coefficient (Wildman–Crippen LogP) is 1.76. The third-order valence-electron chi connectivity index (χ3n) is 2.78. The third kappa shape index (κ3) is 3.67. The molecule has 6 nitrogen and oxygen atoms in total. The fourth-order valence-electron chi connectivity index (χ4n) is 1.73. The van der Waals surface area contributed by atoms with Crippen molar-refractivity contribution in [2.75, 3.05) is 5.75 Å². The number of nitro benzene ring substituents is 1. The number of nitro groups is 1. The summed E-state index contributed by atoms with van der Waals surface area (Å²) in [6.45, 7) is 0. The molecule has 1 N–H and O–H groups in total. The van der Waals surface area contributed by atoms with Gasteiger partial charge in [0, 0.05) is 24.0 Å². The summed E-state index contributed by atoms with van der Waals surface area (Å²) in [6.07, 6.45) is 3.52. The summed E-state index contributed by atoms with van der Waals surface area (Å²) in [5.74, 6) is 0.389. The van der Waals surface area contributed by atoms with Gasteiger partial charge < -0.3 is 5.32 Å². The van der Waals surface area contributed by atoms with E-state index in [-0.39, 0.29) is 16.7 Å². The number of nitrogens with zero attached hydrogens (tertiary/aromatic N) is 1. The number of rotatable bonds is 4. The zero-order chi connectivity index (χ0) is 14.5. The maximum Gasteiger partial charge on any atom is 0.269 e. The van der Waals surface area contributed by atoms with E-state index >= 15 is 0 Å². The van der Waals surface area contributed by atoms with Crippen LogP contribution in [0.15, 0.2) is 30.3 Å². The highest BCUT2D eigenvalue weighted by Gasteiger charge is 2.25. The van der Waals surface area contributed by atoms with Gasteiger partial charge in [-0.1, -0.05) is 11.8 Å². The van der Waals surface area contributed by atoms with E-state index in [9.17, 15) is 19.7 Å². The maximum atomic E-state index is 11.6. The molecule has 1 saturated heterocycles. The highest BCUT2D eigenvalue weighted by molar-refractivity contribution is 8.14. The van der Waals surface area contributed by atoms with Crippen LogP contribution in [0.25, 0.3) is 6.08 Å². The molecule has 1 heterocycles. The number of amides is 1. The van der Waals surface area contributed by atoms with E-state index in [1.807, 2.05) is 0 Å². The first kappa shape index (κ1) is 14.3. The Kier molecular flexibility index (Phi) is 4.52. The molecule has 7 heteroatoms. The number of non-ortho nitro benzene ring substituents is 1. The van der Waals surface area contributed by atoms with E-state index < -0.39 is 11.0 Å². The van der Waals surface area contributed by atoms with Crippen molar-refractivity contribution in [3.63, 3.8) is 0 Å². The molecule has 20 heavy (non-hydrogen) atoms. The highest BCUT2D eigenvalue weighted by atomic mass is 32.2. The van der Waals surface area contributed by atoms with Gasteiger partial charge in [0.25, 0.3) is 5.69 Å². The second-order valence-electron chi connectivity index (χ2n) is 4.20. The fraction of sp³-hybridized carbons (Fsp3) is 0.231. The van der Waals surface area contributed by atoms with Crippen molar-refractivity contribution < 1.29 is 14.5 Å². The molecule has 0 saturated carbocycles. The van der Waals surface area contributed by atoms with E-state index in [4.69, 9.17) is 0 Å². The summed E-state index contributed by atoms with van der Waals surface area (Å²) >= 11 is 1.22. The van der Waals surface area contributed by atoms with Gasteiger partial charge in [0.2, 0.25) is 11.0 Å². The quantitative estimate of drug-likeness (QED) is 0.519. The van der Waals surface area contributed by atoms with Gasteiger partial charge in [0.1, 0.15) is 0 Å². The Bertz CT molecular complexity index is 568. The average Bonchev–Trinajstić information content (AvgIpc) is 2.82. The molecule has 1 aliphatic rings. The zero-order valence-corrected chi connectivity index (χ0v) is 11.3. The van der Waals surface area contributed by atoms with Crippen LogP contribution < -0.4 is 5.32 Å². The van der Waals surface area contributed by atoms with Gasteiger partial charge in [0.15, 0.2) is 0 Å². The lowest BCUT2D eigenvalue weighted by atomic mass is 10.2. The Hall–Kier alpha value is -2.15. The van der Waals surface area contributed by atoms with E-state index in [2.05, 4.69) is 5.32 Å². The van der Waals surface area contributed by atoms with Crippen LogP contribution in [0.1, 0.15) is 12.0 Å². The molecule has 0 spiro atoms. The Morgan fingerprint density at radius 1 is 1.40 bits per heavy atom. The molecule has 1 aliphatic heterocycles. The third-order valence-corrected chi connectivity index (χ3v) is 3.79. The molecule has 2 rings (SSSR count). The first-order valence-electron chi connectivity index (χ1n) is 5.96. The first-order chi connectivity index (χ1) is 9.56. The number of hydrogen-bond acceptors (Lipinski definition) is 5. The molecular weight excluding hydrogens is 280 g/mol. The standard InChI is InChI=1S/C13H12N2O4S/c16-12(14-11-7-8-20-13(11)17)6-3-9-1-4-10(5-2-9)15(18)19/h1-6,11H,7-8H2,(H,14,16)/b6-3+. The number of nitrogens with one attached hydrogen (secondary N) is 1. The molecule has 1 fully saturated rings.